The third kappa shape index (κ3) is 4.06. The van der Waals surface area contributed by atoms with Crippen molar-refractivity contribution in [2.24, 2.45) is 0 Å². The summed E-state index contributed by atoms with van der Waals surface area (Å²) in [5.41, 5.74) is 0.879. The van der Waals surface area contributed by atoms with E-state index >= 15 is 0 Å². The normalized spacial score (nSPS) is 11.9. The minimum atomic E-state index is -0.623. The zero-order valence-corrected chi connectivity index (χ0v) is 14.2. The molecule has 7 heteroatoms. The number of nitrogens with zero attached hydrogens (tertiary/aromatic N) is 3. The van der Waals surface area contributed by atoms with Crippen LogP contribution in [0.2, 0.25) is 0 Å². The maximum absolute atomic E-state index is 12.1. The van der Waals surface area contributed by atoms with Gasteiger partial charge in [0.05, 0.1) is 12.2 Å². The number of rotatable bonds is 7. The molecule has 1 N–H and O–H groups in total. The molecular formula is C18H20N4O3. The maximum Gasteiger partial charge on any atom is 0.261 e. The molecule has 130 valence electrons. The van der Waals surface area contributed by atoms with Gasteiger partial charge in [-0.1, -0.05) is 23.4 Å². The molecule has 7 nitrogen and oxygen atoms in total. The zero-order valence-electron chi connectivity index (χ0n) is 14.2. The Morgan fingerprint density at radius 2 is 2.08 bits per heavy atom. The average Bonchev–Trinajstić information content (AvgIpc) is 3.29. The molecule has 0 aliphatic carbocycles. The molecule has 2 heterocycles. The van der Waals surface area contributed by atoms with Crippen LogP contribution in [-0.4, -0.2) is 26.7 Å². The fourth-order valence-electron chi connectivity index (χ4n) is 2.39. The standard InChI is InChI=1S/C18H20N4O3/c1-3-22-11-7-10-15(22)17-20-16(25-21-17)12-19-18(23)13(2)24-14-8-5-4-6-9-14/h4-11,13H,3,12H2,1-2H3,(H,19,23)/t13-/m1/s1. The van der Waals surface area contributed by atoms with Gasteiger partial charge in [-0.05, 0) is 38.1 Å². The highest BCUT2D eigenvalue weighted by atomic mass is 16.5. The molecule has 1 amide bonds. The zero-order chi connectivity index (χ0) is 17.6. The summed E-state index contributed by atoms with van der Waals surface area (Å²) in [6, 6.07) is 13.1. The minimum absolute atomic E-state index is 0.154. The lowest BCUT2D eigenvalue weighted by atomic mass is 10.3. The van der Waals surface area contributed by atoms with Crippen LogP contribution < -0.4 is 10.1 Å². The van der Waals surface area contributed by atoms with Crippen LogP contribution in [0.3, 0.4) is 0 Å². The van der Waals surface area contributed by atoms with E-state index < -0.39 is 6.10 Å². The number of carbonyl (C=O) groups excluding carboxylic acids is 1. The highest BCUT2D eigenvalue weighted by molar-refractivity contribution is 5.80. The van der Waals surface area contributed by atoms with Crippen molar-refractivity contribution in [3.05, 3.63) is 54.6 Å². The van der Waals surface area contributed by atoms with E-state index in [1.807, 2.05) is 48.0 Å². The molecule has 25 heavy (non-hydrogen) atoms. The first-order valence-electron chi connectivity index (χ1n) is 8.15. The Morgan fingerprint density at radius 3 is 2.84 bits per heavy atom. The van der Waals surface area contributed by atoms with Crippen molar-refractivity contribution in [2.75, 3.05) is 0 Å². The second-order valence-electron chi connectivity index (χ2n) is 5.48. The molecular weight excluding hydrogens is 320 g/mol. The Bertz CT molecular complexity index is 826. The van der Waals surface area contributed by atoms with E-state index in [0.717, 1.165) is 12.2 Å². The third-order valence-electron chi connectivity index (χ3n) is 3.71. The molecule has 2 aromatic heterocycles. The first-order valence-corrected chi connectivity index (χ1v) is 8.15. The molecule has 0 aliphatic heterocycles. The Balaban J connectivity index is 1.56. The van der Waals surface area contributed by atoms with Crippen molar-refractivity contribution in [3.63, 3.8) is 0 Å². The lowest BCUT2D eigenvalue weighted by Gasteiger charge is -2.13. The first kappa shape index (κ1) is 16.8. The summed E-state index contributed by atoms with van der Waals surface area (Å²) >= 11 is 0. The van der Waals surface area contributed by atoms with Gasteiger partial charge in [-0.15, -0.1) is 0 Å². The van der Waals surface area contributed by atoms with Gasteiger partial charge in [0.1, 0.15) is 5.75 Å². The van der Waals surface area contributed by atoms with Gasteiger partial charge in [-0.2, -0.15) is 4.98 Å². The molecule has 1 atom stereocenters. The fraction of sp³-hybridized carbons (Fsp3) is 0.278. The van der Waals surface area contributed by atoms with Crippen molar-refractivity contribution in [1.29, 1.82) is 0 Å². The molecule has 3 rings (SSSR count). The van der Waals surface area contributed by atoms with Crippen molar-refractivity contribution in [3.8, 4) is 17.3 Å². The van der Waals surface area contributed by atoms with Gasteiger partial charge in [-0.25, -0.2) is 0 Å². The van der Waals surface area contributed by atoms with Crippen molar-refractivity contribution >= 4 is 5.91 Å². The summed E-state index contributed by atoms with van der Waals surface area (Å²) in [5.74, 6) is 1.25. The summed E-state index contributed by atoms with van der Waals surface area (Å²) in [5, 5.41) is 6.71. The van der Waals surface area contributed by atoms with Gasteiger partial charge in [0.2, 0.25) is 11.7 Å². The molecule has 0 unspecified atom stereocenters. The Morgan fingerprint density at radius 1 is 1.28 bits per heavy atom. The molecule has 0 radical (unpaired) electrons. The summed E-state index contributed by atoms with van der Waals surface area (Å²) in [4.78, 5) is 16.4. The number of aryl methyl sites for hydroxylation is 1. The molecule has 0 bridgehead atoms. The van der Waals surface area contributed by atoms with E-state index in [2.05, 4.69) is 15.5 Å². The number of carbonyl (C=O) groups is 1. The van der Waals surface area contributed by atoms with Crippen molar-refractivity contribution in [1.82, 2.24) is 20.0 Å². The average molecular weight is 340 g/mol. The van der Waals surface area contributed by atoms with Gasteiger partial charge in [0, 0.05) is 12.7 Å². The molecule has 3 aromatic rings. The van der Waals surface area contributed by atoms with E-state index in [4.69, 9.17) is 9.26 Å². The molecule has 0 saturated carbocycles. The number of nitrogens with one attached hydrogen (secondary N) is 1. The highest BCUT2D eigenvalue weighted by Gasteiger charge is 2.17. The maximum atomic E-state index is 12.1. The minimum Gasteiger partial charge on any atom is -0.481 e. The molecule has 0 spiro atoms. The summed E-state index contributed by atoms with van der Waals surface area (Å²) < 4.78 is 12.8. The van der Waals surface area contributed by atoms with Gasteiger partial charge in [0.25, 0.3) is 5.91 Å². The van der Waals surface area contributed by atoms with Crippen LogP contribution in [0.4, 0.5) is 0 Å². The number of benzene rings is 1. The number of hydrogen-bond acceptors (Lipinski definition) is 5. The lowest BCUT2D eigenvalue weighted by molar-refractivity contribution is -0.127. The lowest BCUT2D eigenvalue weighted by Crippen LogP contribution is -2.35. The van der Waals surface area contributed by atoms with Gasteiger partial charge >= 0.3 is 0 Å². The third-order valence-corrected chi connectivity index (χ3v) is 3.71. The number of aromatic nitrogens is 3. The van der Waals surface area contributed by atoms with Gasteiger partial charge in [0.15, 0.2) is 6.10 Å². The second kappa shape index (κ2) is 7.65. The van der Waals surface area contributed by atoms with E-state index in [0.29, 0.717) is 17.5 Å². The van der Waals surface area contributed by atoms with Crippen LogP contribution in [-0.2, 0) is 17.9 Å². The fourth-order valence-corrected chi connectivity index (χ4v) is 2.39. The Labute approximate surface area is 145 Å². The quantitative estimate of drug-likeness (QED) is 0.715. The van der Waals surface area contributed by atoms with Crippen LogP contribution in [0.15, 0.2) is 53.2 Å². The SMILES string of the molecule is CCn1cccc1-c1noc(CNC(=O)[C@@H](C)Oc2ccccc2)n1. The summed E-state index contributed by atoms with van der Waals surface area (Å²) in [7, 11) is 0. The van der Waals surface area contributed by atoms with Gasteiger partial charge < -0.3 is 19.1 Å². The Hall–Kier alpha value is -3.09. The van der Waals surface area contributed by atoms with Crippen molar-refractivity contribution in [2.45, 2.75) is 33.0 Å². The second-order valence-corrected chi connectivity index (χ2v) is 5.48. The van der Waals surface area contributed by atoms with Crippen LogP contribution >= 0.6 is 0 Å². The smallest absolute Gasteiger partial charge is 0.261 e. The molecule has 0 fully saturated rings. The Kier molecular flexibility index (Phi) is 5.13. The number of hydrogen-bond donors (Lipinski definition) is 1. The predicted molar refractivity (Wildman–Crippen MR) is 91.8 cm³/mol. The monoisotopic (exact) mass is 340 g/mol. The molecule has 0 saturated heterocycles. The van der Waals surface area contributed by atoms with Crippen LogP contribution in [0.1, 0.15) is 19.7 Å². The molecule has 0 aliphatic rings. The number of amides is 1. The largest absolute Gasteiger partial charge is 0.481 e. The first-order chi connectivity index (χ1) is 12.2. The van der Waals surface area contributed by atoms with Crippen LogP contribution in [0.5, 0.6) is 5.75 Å². The van der Waals surface area contributed by atoms with Crippen LogP contribution in [0, 0.1) is 0 Å². The summed E-state index contributed by atoms with van der Waals surface area (Å²) in [6.45, 7) is 4.70. The van der Waals surface area contributed by atoms with Crippen LogP contribution in [0.25, 0.3) is 11.5 Å². The number of ether oxygens (including phenoxy) is 1. The van der Waals surface area contributed by atoms with Gasteiger partial charge in [-0.3, -0.25) is 4.79 Å². The molecule has 1 aromatic carbocycles. The number of para-hydroxylation sites is 1. The topological polar surface area (TPSA) is 82.2 Å². The van der Waals surface area contributed by atoms with E-state index in [1.54, 1.807) is 19.1 Å². The van der Waals surface area contributed by atoms with E-state index in [9.17, 15) is 4.79 Å². The van der Waals surface area contributed by atoms with Crippen molar-refractivity contribution < 1.29 is 14.1 Å². The predicted octanol–water partition coefficient (Wildman–Crippen LogP) is 2.64. The van der Waals surface area contributed by atoms with E-state index in [-0.39, 0.29) is 12.5 Å². The van der Waals surface area contributed by atoms with E-state index in [1.165, 1.54) is 0 Å². The summed E-state index contributed by atoms with van der Waals surface area (Å²) in [6.07, 6.45) is 1.33. The highest BCUT2D eigenvalue weighted by Crippen LogP contribution is 2.16.